The number of esters is 1. The lowest BCUT2D eigenvalue weighted by Gasteiger charge is -2.21. The van der Waals surface area contributed by atoms with Gasteiger partial charge < -0.3 is 4.74 Å². The fourth-order valence-electron chi connectivity index (χ4n) is 1.79. The number of nitrogens with zero attached hydrogens (tertiary/aromatic N) is 1. The van der Waals surface area contributed by atoms with Crippen molar-refractivity contribution in [3.8, 4) is 0 Å². The lowest BCUT2D eigenvalue weighted by Crippen LogP contribution is -2.32. The van der Waals surface area contributed by atoms with Crippen molar-refractivity contribution in [1.29, 1.82) is 0 Å². The molecule has 1 aromatic rings. The number of hydrogen-bond acceptors (Lipinski definition) is 3. The molecule has 0 atom stereocenters. The summed E-state index contributed by atoms with van der Waals surface area (Å²) in [7, 11) is 0. The Bertz CT molecular complexity index is 417. The largest absolute Gasteiger partial charge is 0.465 e. The van der Waals surface area contributed by atoms with Gasteiger partial charge in [0.25, 0.3) is 0 Å². The highest BCUT2D eigenvalue weighted by Crippen LogP contribution is 2.08. The Morgan fingerprint density at radius 1 is 1.32 bits per heavy atom. The van der Waals surface area contributed by atoms with Crippen LogP contribution in [0.1, 0.15) is 19.4 Å². The highest BCUT2D eigenvalue weighted by molar-refractivity contribution is 6.25. The van der Waals surface area contributed by atoms with E-state index in [1.807, 2.05) is 49.1 Å². The van der Waals surface area contributed by atoms with Crippen LogP contribution < -0.4 is 0 Å². The van der Waals surface area contributed by atoms with E-state index < -0.39 is 0 Å². The highest BCUT2D eigenvalue weighted by atomic mass is 35.5. The lowest BCUT2D eigenvalue weighted by atomic mass is 10.2. The van der Waals surface area contributed by atoms with Crippen LogP contribution >= 0.6 is 11.6 Å². The maximum absolute atomic E-state index is 11.6. The van der Waals surface area contributed by atoms with Crippen LogP contribution in [0.4, 0.5) is 0 Å². The summed E-state index contributed by atoms with van der Waals surface area (Å²) in [6.45, 7) is 5.77. The molecule has 4 heteroatoms. The molecule has 0 fully saturated rings. The van der Waals surface area contributed by atoms with E-state index in [1.165, 1.54) is 0 Å². The molecular weight excluding hydrogens is 262 g/mol. The molecule has 0 spiro atoms. The average molecular weight is 282 g/mol. The Morgan fingerprint density at radius 3 is 2.58 bits per heavy atom. The smallest absolute Gasteiger partial charge is 0.320 e. The van der Waals surface area contributed by atoms with E-state index in [2.05, 4.69) is 0 Å². The van der Waals surface area contributed by atoms with E-state index in [-0.39, 0.29) is 12.5 Å². The molecule has 19 heavy (non-hydrogen) atoms. The molecule has 104 valence electrons. The van der Waals surface area contributed by atoms with Crippen molar-refractivity contribution in [3.63, 3.8) is 0 Å². The molecule has 0 saturated carbocycles. The normalized spacial score (nSPS) is 11.7. The van der Waals surface area contributed by atoms with E-state index in [0.717, 1.165) is 11.1 Å². The molecule has 0 heterocycles. The van der Waals surface area contributed by atoms with Crippen molar-refractivity contribution in [1.82, 2.24) is 4.90 Å². The Morgan fingerprint density at radius 2 is 2.00 bits per heavy atom. The van der Waals surface area contributed by atoms with Gasteiger partial charge in [-0.3, -0.25) is 9.69 Å². The zero-order valence-corrected chi connectivity index (χ0v) is 12.2. The molecule has 0 aromatic heterocycles. The van der Waals surface area contributed by atoms with Gasteiger partial charge in [0.15, 0.2) is 0 Å². The first-order chi connectivity index (χ1) is 9.15. The first-order valence-electron chi connectivity index (χ1n) is 6.33. The Balaban J connectivity index is 2.66. The number of benzene rings is 1. The number of hydrogen-bond donors (Lipinski definition) is 0. The molecule has 0 bridgehead atoms. The Labute approximate surface area is 119 Å². The zero-order valence-electron chi connectivity index (χ0n) is 11.4. The van der Waals surface area contributed by atoms with Crippen molar-refractivity contribution < 1.29 is 9.53 Å². The molecule has 0 N–H and O–H groups in total. The molecule has 0 amide bonds. The van der Waals surface area contributed by atoms with Gasteiger partial charge >= 0.3 is 5.97 Å². The van der Waals surface area contributed by atoms with Crippen LogP contribution in [-0.2, 0) is 16.1 Å². The standard InChI is InChI=1S/C15H20ClNO2/c1-3-19-15(18)12-17(10-13(2)9-16)11-14-7-5-4-6-8-14/h4-9H,3,10-12H2,1-2H3/b13-9+. The summed E-state index contributed by atoms with van der Waals surface area (Å²) >= 11 is 5.69. The molecule has 3 nitrogen and oxygen atoms in total. The summed E-state index contributed by atoms with van der Waals surface area (Å²) in [6.07, 6.45) is 0. The summed E-state index contributed by atoms with van der Waals surface area (Å²) in [4.78, 5) is 13.6. The second-order valence-corrected chi connectivity index (χ2v) is 4.61. The second-order valence-electron chi connectivity index (χ2n) is 4.39. The van der Waals surface area contributed by atoms with Crippen LogP contribution in [-0.4, -0.2) is 30.6 Å². The number of ether oxygens (including phenoxy) is 1. The van der Waals surface area contributed by atoms with Gasteiger partial charge in [-0.1, -0.05) is 41.9 Å². The van der Waals surface area contributed by atoms with Crippen molar-refractivity contribution >= 4 is 17.6 Å². The maximum Gasteiger partial charge on any atom is 0.320 e. The fraction of sp³-hybridized carbons (Fsp3) is 0.400. The molecule has 0 aliphatic heterocycles. The molecular formula is C15H20ClNO2. The Hall–Kier alpha value is -1.32. The van der Waals surface area contributed by atoms with Crippen LogP contribution in [0.5, 0.6) is 0 Å². The van der Waals surface area contributed by atoms with Gasteiger partial charge in [0.05, 0.1) is 13.2 Å². The number of halogens is 1. The van der Waals surface area contributed by atoms with Gasteiger partial charge in [0.2, 0.25) is 0 Å². The molecule has 1 aromatic carbocycles. The first kappa shape index (κ1) is 15.7. The minimum absolute atomic E-state index is 0.208. The van der Waals surface area contributed by atoms with Gasteiger partial charge in [-0.15, -0.1) is 0 Å². The van der Waals surface area contributed by atoms with E-state index >= 15 is 0 Å². The van der Waals surface area contributed by atoms with Crippen molar-refractivity contribution in [2.45, 2.75) is 20.4 Å². The highest BCUT2D eigenvalue weighted by Gasteiger charge is 2.12. The molecule has 0 radical (unpaired) electrons. The number of rotatable bonds is 7. The van der Waals surface area contributed by atoms with Crippen LogP contribution in [0, 0.1) is 0 Å². The third-order valence-electron chi connectivity index (χ3n) is 2.57. The summed E-state index contributed by atoms with van der Waals surface area (Å²) < 4.78 is 4.99. The topological polar surface area (TPSA) is 29.5 Å². The van der Waals surface area contributed by atoms with E-state index in [4.69, 9.17) is 16.3 Å². The average Bonchev–Trinajstić information content (AvgIpc) is 2.39. The predicted molar refractivity (Wildman–Crippen MR) is 78.0 cm³/mol. The third-order valence-corrected chi connectivity index (χ3v) is 2.94. The zero-order chi connectivity index (χ0) is 14.1. The number of carbonyl (C=O) groups is 1. The quantitative estimate of drug-likeness (QED) is 0.719. The van der Waals surface area contributed by atoms with Crippen molar-refractivity contribution in [2.24, 2.45) is 0 Å². The number of carbonyl (C=O) groups excluding carboxylic acids is 1. The lowest BCUT2D eigenvalue weighted by molar-refractivity contribution is -0.144. The molecule has 0 saturated heterocycles. The molecule has 0 aliphatic carbocycles. The fourth-order valence-corrected chi connectivity index (χ4v) is 1.85. The van der Waals surface area contributed by atoms with Crippen molar-refractivity contribution in [3.05, 3.63) is 47.0 Å². The summed E-state index contributed by atoms with van der Waals surface area (Å²) in [5.41, 5.74) is 3.72. The molecule has 0 unspecified atom stereocenters. The van der Waals surface area contributed by atoms with Gasteiger partial charge in [0, 0.05) is 18.6 Å². The van der Waals surface area contributed by atoms with Gasteiger partial charge in [-0.05, 0) is 25.0 Å². The van der Waals surface area contributed by atoms with E-state index in [9.17, 15) is 4.79 Å². The summed E-state index contributed by atoms with van der Waals surface area (Å²) in [5, 5.41) is 0. The first-order valence-corrected chi connectivity index (χ1v) is 6.77. The summed E-state index contributed by atoms with van der Waals surface area (Å²) in [6, 6.07) is 10.0. The monoisotopic (exact) mass is 281 g/mol. The minimum atomic E-state index is -0.208. The molecule has 0 aliphatic rings. The van der Waals surface area contributed by atoms with E-state index in [1.54, 1.807) is 5.54 Å². The van der Waals surface area contributed by atoms with Gasteiger partial charge in [0.1, 0.15) is 0 Å². The second kappa shape index (κ2) is 8.73. The SMILES string of the molecule is CCOC(=O)CN(C/C(C)=C/Cl)Cc1ccccc1. The third kappa shape index (κ3) is 6.41. The van der Waals surface area contributed by atoms with E-state index in [0.29, 0.717) is 19.7 Å². The maximum atomic E-state index is 11.6. The van der Waals surface area contributed by atoms with Crippen LogP contribution in [0.25, 0.3) is 0 Å². The minimum Gasteiger partial charge on any atom is -0.465 e. The van der Waals surface area contributed by atoms with Crippen LogP contribution in [0.15, 0.2) is 41.4 Å². The van der Waals surface area contributed by atoms with Gasteiger partial charge in [-0.2, -0.15) is 0 Å². The van der Waals surface area contributed by atoms with Gasteiger partial charge in [-0.25, -0.2) is 0 Å². The molecule has 1 rings (SSSR count). The van der Waals surface area contributed by atoms with Crippen LogP contribution in [0.3, 0.4) is 0 Å². The predicted octanol–water partition coefficient (Wildman–Crippen LogP) is 3.19. The Kier molecular flexibility index (Phi) is 7.23. The summed E-state index contributed by atoms with van der Waals surface area (Å²) in [5.74, 6) is -0.208. The van der Waals surface area contributed by atoms with Crippen molar-refractivity contribution in [2.75, 3.05) is 19.7 Å². The van der Waals surface area contributed by atoms with Crippen LogP contribution in [0.2, 0.25) is 0 Å².